The Bertz CT molecular complexity index is 1990. The molecule has 8 atom stereocenters. The molecule has 2 aliphatic rings. The average Bonchev–Trinajstić information content (AvgIpc) is 3.67. The van der Waals surface area contributed by atoms with Gasteiger partial charge in [-0.3, -0.25) is 14.3 Å². The van der Waals surface area contributed by atoms with E-state index in [1.165, 1.54) is 7.11 Å². The molecule has 4 heterocycles. The van der Waals surface area contributed by atoms with Crippen LogP contribution in [0.2, 0.25) is 0 Å². The average molecular weight is 688 g/mol. The van der Waals surface area contributed by atoms with Gasteiger partial charge in [0.25, 0.3) is 5.56 Å². The van der Waals surface area contributed by atoms with Gasteiger partial charge >= 0.3 is 0 Å². The zero-order chi connectivity index (χ0) is 35.4. The van der Waals surface area contributed by atoms with Gasteiger partial charge in [-0.25, -0.2) is 4.98 Å². The van der Waals surface area contributed by atoms with Crippen LogP contribution in [0.3, 0.4) is 0 Å². The molecule has 262 valence electrons. The van der Waals surface area contributed by atoms with Gasteiger partial charge in [0.05, 0.1) is 32.1 Å². The second-order valence-corrected chi connectivity index (χ2v) is 12.5. The maximum absolute atomic E-state index is 13.9. The minimum atomic E-state index is -2.74. The largest absolute Gasteiger partial charge is 0.497 e. The third-order valence-corrected chi connectivity index (χ3v) is 10.0. The zero-order valence-electron chi connectivity index (χ0n) is 26.8. The number of hydrogen-bond donors (Lipinski definition) is 8. The van der Waals surface area contributed by atoms with E-state index in [0.29, 0.717) is 22.4 Å². The van der Waals surface area contributed by atoms with Crippen LogP contribution in [0.4, 0.5) is 5.95 Å². The number of rotatable bonds is 8. The first kappa shape index (κ1) is 33.8. The third-order valence-electron chi connectivity index (χ3n) is 10.0. The highest BCUT2D eigenvalue weighted by atomic mass is 16.6. The van der Waals surface area contributed by atoms with E-state index in [9.17, 15) is 35.4 Å². The quantitative estimate of drug-likeness (QED) is 0.0949. The molecular weight excluding hydrogens is 650 g/mol. The van der Waals surface area contributed by atoms with Crippen molar-refractivity contribution in [2.24, 2.45) is 0 Å². The van der Waals surface area contributed by atoms with Crippen molar-refractivity contribution in [1.29, 1.82) is 0 Å². The summed E-state index contributed by atoms with van der Waals surface area (Å²) in [6.07, 6.45) is -9.86. The maximum atomic E-state index is 13.9. The highest BCUT2D eigenvalue weighted by Gasteiger charge is 2.74. The summed E-state index contributed by atoms with van der Waals surface area (Å²) in [6.45, 7) is -1.36. The summed E-state index contributed by atoms with van der Waals surface area (Å²) in [4.78, 5) is 23.8. The molecule has 0 saturated carbocycles. The minimum absolute atomic E-state index is 0.225. The number of methoxy groups -OCH3 is 1. The molecule has 0 radical (unpaired) electrons. The second-order valence-electron chi connectivity index (χ2n) is 12.5. The number of nitrogen functional groups attached to an aromatic ring is 1. The molecule has 2 saturated heterocycles. The summed E-state index contributed by atoms with van der Waals surface area (Å²) in [6, 6.07) is 24.2. The van der Waals surface area contributed by atoms with E-state index in [0.717, 1.165) is 10.9 Å². The lowest BCUT2D eigenvalue weighted by atomic mass is 9.53. The van der Waals surface area contributed by atoms with Gasteiger partial charge in [-0.1, -0.05) is 72.8 Å². The lowest BCUT2D eigenvalue weighted by Crippen LogP contribution is -2.78. The van der Waals surface area contributed by atoms with Crippen LogP contribution in [0.25, 0.3) is 11.2 Å². The predicted octanol–water partition coefficient (Wildman–Crippen LogP) is -0.638. The fourth-order valence-electron chi connectivity index (χ4n) is 7.83. The van der Waals surface area contributed by atoms with Crippen LogP contribution in [-0.4, -0.2) is 113 Å². The van der Waals surface area contributed by atoms with E-state index in [2.05, 4.69) is 15.0 Å². The molecule has 5 aromatic rings. The summed E-state index contributed by atoms with van der Waals surface area (Å²) < 4.78 is 19.3. The smallest absolute Gasteiger partial charge is 0.280 e. The first-order valence-corrected chi connectivity index (χ1v) is 15.9. The van der Waals surface area contributed by atoms with E-state index in [4.69, 9.17) is 19.9 Å². The number of aliphatic hydroxyl groups excluding tert-OH is 5. The Morgan fingerprint density at radius 2 is 1.56 bits per heavy atom. The van der Waals surface area contributed by atoms with Gasteiger partial charge in [-0.2, -0.15) is 4.98 Å². The van der Waals surface area contributed by atoms with E-state index < -0.39 is 72.1 Å². The normalized spacial score (nSPS) is 30.1. The Morgan fingerprint density at radius 1 is 0.960 bits per heavy atom. The Kier molecular flexibility index (Phi) is 8.48. The monoisotopic (exact) mass is 687 g/mol. The summed E-state index contributed by atoms with van der Waals surface area (Å²) in [5.74, 6) is 0.175. The molecule has 0 spiro atoms. The van der Waals surface area contributed by atoms with Crippen LogP contribution < -0.4 is 16.0 Å². The Balaban J connectivity index is 1.64. The molecule has 9 N–H and O–H groups in total. The van der Waals surface area contributed by atoms with Gasteiger partial charge in [0.1, 0.15) is 48.0 Å². The van der Waals surface area contributed by atoms with E-state index in [1.807, 2.05) is 0 Å². The maximum Gasteiger partial charge on any atom is 0.280 e. The molecule has 3 aromatic carbocycles. The first-order chi connectivity index (χ1) is 24.0. The van der Waals surface area contributed by atoms with Gasteiger partial charge in [0.2, 0.25) is 11.7 Å². The number of anilines is 1. The number of nitrogens with two attached hydrogens (primary N) is 1. The van der Waals surface area contributed by atoms with Crippen molar-refractivity contribution in [2.75, 3.05) is 26.1 Å². The van der Waals surface area contributed by atoms with Crippen molar-refractivity contribution in [1.82, 2.24) is 19.5 Å². The van der Waals surface area contributed by atoms with E-state index >= 15 is 0 Å². The topological polar surface area (TPSA) is 239 Å². The molecule has 15 nitrogen and oxygen atoms in total. The Labute approximate surface area is 284 Å². The van der Waals surface area contributed by atoms with Crippen LogP contribution in [0.15, 0.2) is 96.1 Å². The van der Waals surface area contributed by atoms with Crippen molar-refractivity contribution in [3.63, 3.8) is 0 Å². The fourth-order valence-corrected chi connectivity index (χ4v) is 7.83. The molecule has 2 fully saturated rings. The molecule has 50 heavy (non-hydrogen) atoms. The van der Waals surface area contributed by atoms with Gasteiger partial charge in [0.15, 0.2) is 11.2 Å². The molecule has 15 heteroatoms. The summed E-state index contributed by atoms with van der Waals surface area (Å²) in [7, 11) is 1.50. The predicted molar refractivity (Wildman–Crippen MR) is 177 cm³/mol. The van der Waals surface area contributed by atoms with Crippen molar-refractivity contribution < 1.29 is 44.8 Å². The third kappa shape index (κ3) is 4.63. The lowest BCUT2D eigenvalue weighted by Gasteiger charge is -2.60. The van der Waals surface area contributed by atoms with Crippen molar-refractivity contribution in [2.45, 2.75) is 53.4 Å². The number of ether oxygens (including phenoxy) is 3. The second kappa shape index (κ2) is 12.6. The molecule has 7 rings (SSSR count). The van der Waals surface area contributed by atoms with Crippen LogP contribution in [0, 0.1) is 0 Å². The minimum Gasteiger partial charge on any atom is -0.497 e. The zero-order valence-corrected chi connectivity index (χ0v) is 26.8. The Morgan fingerprint density at radius 3 is 2.12 bits per heavy atom. The van der Waals surface area contributed by atoms with Gasteiger partial charge in [-0.05, 0) is 28.8 Å². The molecule has 2 aromatic heterocycles. The van der Waals surface area contributed by atoms with Crippen molar-refractivity contribution in [3.8, 4) is 5.75 Å². The number of nitrogens with one attached hydrogen (secondary N) is 1. The van der Waals surface area contributed by atoms with Gasteiger partial charge in [0, 0.05) is 0 Å². The van der Waals surface area contributed by atoms with Crippen molar-refractivity contribution in [3.05, 3.63) is 118 Å². The lowest BCUT2D eigenvalue weighted by molar-refractivity contribution is -0.331. The summed E-state index contributed by atoms with van der Waals surface area (Å²) >= 11 is 0. The molecule has 1 unspecified atom stereocenters. The number of benzene rings is 3. The molecule has 0 amide bonds. The molecule has 0 aliphatic carbocycles. The number of imidazole rings is 1. The van der Waals surface area contributed by atoms with Crippen LogP contribution in [0.5, 0.6) is 5.75 Å². The number of H-pyrrole nitrogens is 1. The number of fused-ring (bicyclic) bond motifs is 1. The van der Waals surface area contributed by atoms with E-state index in [1.54, 1.807) is 84.9 Å². The highest BCUT2D eigenvalue weighted by Crippen LogP contribution is 2.57. The van der Waals surface area contributed by atoms with Crippen LogP contribution >= 0.6 is 0 Å². The Hall–Kier alpha value is -4.71. The number of aliphatic hydroxyl groups is 6. The van der Waals surface area contributed by atoms with Gasteiger partial charge in [-0.15, -0.1) is 0 Å². The number of aromatic nitrogens is 4. The van der Waals surface area contributed by atoms with Crippen LogP contribution in [-0.2, 0) is 20.6 Å². The number of aromatic amines is 1. The van der Waals surface area contributed by atoms with Crippen LogP contribution in [0.1, 0.15) is 16.7 Å². The van der Waals surface area contributed by atoms with E-state index in [-0.39, 0.29) is 17.1 Å². The first-order valence-electron chi connectivity index (χ1n) is 15.9. The van der Waals surface area contributed by atoms with Gasteiger partial charge < -0.3 is 50.6 Å². The number of hydrogen-bond acceptors (Lipinski definition) is 13. The molecule has 0 bridgehead atoms. The summed E-state index contributed by atoms with van der Waals surface area (Å²) in [5.41, 5.74) is -1.10. The number of nitrogens with zero attached hydrogens (tertiary/aromatic N) is 3. The molecule has 2 aliphatic heterocycles. The highest BCUT2D eigenvalue weighted by molar-refractivity contribution is 5.71. The van der Waals surface area contributed by atoms with Crippen molar-refractivity contribution >= 4 is 17.1 Å². The summed E-state index contributed by atoms with van der Waals surface area (Å²) in [5, 5.41) is 71.5. The fraction of sp³-hybridized carbons (Fsp3) is 0.343. The standard InChI is InChI=1S/C35H37N5O10/c1-48-22-14-12-21(13-15-22)33(19-8-4-2-5-9-19,20-10-6-3-7-11-20)34(47)27(44)23(42)17-49-31(34)35(28(45)26(43)24(16-41)50-35)40-18-37-25-29(40)38-32(36)39-30(25)46/h2-15,18,23-24,26-28,31,41-45,47H,16-17H2,1H3,(H3,36,38,39,46)/t23-,24-,26-,27-,28-,31?,34+,35+/m1/s1. The molecular formula is C35H37N5O10. The SMILES string of the molecule is COc1ccc(C(c2ccccc2)(c2ccccc2)[C@@]2(O)C([C@@]3(n4cnc5c(=O)[nH]c(N)nc54)O[C@H](CO)[C@@H](O)[C@H]3O)OC[C@@H](O)[C@H]2O)cc1.